The number of rotatable bonds is 4. The number of nitrogens with one attached hydrogen (secondary N) is 2. The molecule has 4 nitrogen and oxygen atoms in total. The van der Waals surface area contributed by atoms with Crippen molar-refractivity contribution < 1.29 is 4.79 Å². The molecule has 2 saturated carbocycles. The van der Waals surface area contributed by atoms with Crippen molar-refractivity contribution in [1.29, 1.82) is 0 Å². The van der Waals surface area contributed by atoms with Crippen LogP contribution in [0.25, 0.3) is 0 Å². The number of likely N-dealkylation sites (N-methyl/N-ethyl adjacent to an activating group) is 1. The van der Waals surface area contributed by atoms with Crippen molar-refractivity contribution in [1.82, 2.24) is 15.5 Å². The fraction of sp³-hybridized carbons (Fsp3) is 0.941. The molecule has 2 aliphatic carbocycles. The summed E-state index contributed by atoms with van der Waals surface area (Å²) in [4.78, 5) is 15.3. The van der Waals surface area contributed by atoms with E-state index in [0.717, 1.165) is 26.1 Å². The molecule has 0 spiro atoms. The van der Waals surface area contributed by atoms with E-state index in [9.17, 15) is 4.79 Å². The Morgan fingerprint density at radius 3 is 2.62 bits per heavy atom. The Labute approximate surface area is 129 Å². The predicted octanol–water partition coefficient (Wildman–Crippen LogP) is 1.76. The van der Waals surface area contributed by atoms with E-state index in [1.54, 1.807) is 0 Å². The lowest BCUT2D eigenvalue weighted by Crippen LogP contribution is -2.55. The summed E-state index contributed by atoms with van der Waals surface area (Å²) in [5.74, 6) is 0.885. The summed E-state index contributed by atoms with van der Waals surface area (Å²) in [5, 5.41) is 6.83. The normalized spacial score (nSPS) is 34.9. The van der Waals surface area contributed by atoms with Gasteiger partial charge in [0, 0.05) is 18.6 Å². The highest BCUT2D eigenvalue weighted by molar-refractivity contribution is 5.84. The monoisotopic (exact) mass is 293 g/mol. The van der Waals surface area contributed by atoms with Gasteiger partial charge in [-0.05, 0) is 52.2 Å². The molecule has 120 valence electrons. The summed E-state index contributed by atoms with van der Waals surface area (Å²) in [6, 6.07) is 0. The minimum atomic E-state index is -0.107. The summed E-state index contributed by atoms with van der Waals surface area (Å²) < 4.78 is 0. The van der Waals surface area contributed by atoms with E-state index in [1.807, 2.05) is 0 Å². The fourth-order valence-corrected chi connectivity index (χ4v) is 4.93. The van der Waals surface area contributed by atoms with Crippen LogP contribution >= 0.6 is 0 Å². The van der Waals surface area contributed by atoms with Crippen molar-refractivity contribution in [3.8, 4) is 0 Å². The van der Waals surface area contributed by atoms with Crippen LogP contribution in [0.5, 0.6) is 0 Å². The zero-order valence-electron chi connectivity index (χ0n) is 13.7. The van der Waals surface area contributed by atoms with E-state index in [2.05, 4.69) is 29.6 Å². The Morgan fingerprint density at radius 1 is 1.19 bits per heavy atom. The molecule has 3 rings (SSSR count). The van der Waals surface area contributed by atoms with Crippen LogP contribution in [0.1, 0.15) is 51.4 Å². The van der Waals surface area contributed by atoms with Crippen LogP contribution < -0.4 is 10.6 Å². The highest BCUT2D eigenvalue weighted by Gasteiger charge is 2.50. The van der Waals surface area contributed by atoms with E-state index >= 15 is 0 Å². The Balaban J connectivity index is 1.66. The van der Waals surface area contributed by atoms with Crippen molar-refractivity contribution in [3.63, 3.8) is 0 Å². The lowest BCUT2D eigenvalue weighted by Gasteiger charge is -2.40. The molecule has 0 unspecified atom stereocenters. The molecule has 0 aromatic carbocycles. The van der Waals surface area contributed by atoms with Crippen LogP contribution in [-0.2, 0) is 4.79 Å². The minimum Gasteiger partial charge on any atom is -0.354 e. The quantitative estimate of drug-likeness (QED) is 0.830. The second-order valence-corrected chi connectivity index (χ2v) is 7.74. The Kier molecular flexibility index (Phi) is 4.28. The van der Waals surface area contributed by atoms with Crippen molar-refractivity contribution in [2.45, 2.75) is 56.9 Å². The third-order valence-corrected chi connectivity index (χ3v) is 6.55. The van der Waals surface area contributed by atoms with Gasteiger partial charge in [0.15, 0.2) is 0 Å². The zero-order valence-corrected chi connectivity index (χ0v) is 13.7. The van der Waals surface area contributed by atoms with Crippen molar-refractivity contribution in [2.24, 2.45) is 11.3 Å². The molecule has 3 aliphatic rings. The van der Waals surface area contributed by atoms with Gasteiger partial charge >= 0.3 is 0 Å². The molecule has 1 amide bonds. The number of nitrogens with zero attached hydrogens (tertiary/aromatic N) is 1. The molecule has 3 fully saturated rings. The molecule has 0 bridgehead atoms. The van der Waals surface area contributed by atoms with Gasteiger partial charge in [-0.2, -0.15) is 0 Å². The van der Waals surface area contributed by atoms with E-state index in [0.29, 0.717) is 11.8 Å². The smallest absolute Gasteiger partial charge is 0.227 e. The number of carbonyl (C=O) groups excluding carboxylic acids is 1. The Hall–Kier alpha value is -0.610. The lowest BCUT2D eigenvalue weighted by molar-refractivity contribution is -0.134. The summed E-state index contributed by atoms with van der Waals surface area (Å²) in [5.41, 5.74) is 0.0901. The van der Waals surface area contributed by atoms with Gasteiger partial charge in [-0.15, -0.1) is 0 Å². The fourth-order valence-electron chi connectivity index (χ4n) is 4.93. The number of fused-ring (bicyclic) bond motifs is 1. The predicted molar refractivity (Wildman–Crippen MR) is 85.2 cm³/mol. The van der Waals surface area contributed by atoms with Gasteiger partial charge in [-0.1, -0.05) is 25.7 Å². The first-order valence-corrected chi connectivity index (χ1v) is 8.76. The second kappa shape index (κ2) is 5.88. The highest BCUT2D eigenvalue weighted by atomic mass is 16.2. The molecule has 2 N–H and O–H groups in total. The maximum atomic E-state index is 13.0. The minimum absolute atomic E-state index is 0.107. The number of hydrogen-bond acceptors (Lipinski definition) is 3. The van der Waals surface area contributed by atoms with Crippen molar-refractivity contribution in [3.05, 3.63) is 0 Å². The molecule has 0 radical (unpaired) electrons. The molecule has 4 heteroatoms. The Bertz CT molecular complexity index is 389. The van der Waals surface area contributed by atoms with Gasteiger partial charge in [0.2, 0.25) is 5.91 Å². The Morgan fingerprint density at radius 2 is 1.90 bits per heavy atom. The standard InChI is InChI=1S/C17H31N3O/c1-20(2)16(8-5-6-9-16)12-19-15(21)17-10-4-3-7-14(17)11-18-13-17/h14,18H,3-13H2,1-2H3,(H,19,21)/t14-,17+/m0/s1. The van der Waals surface area contributed by atoms with Crippen LogP contribution in [0.3, 0.4) is 0 Å². The molecule has 1 aliphatic heterocycles. The maximum Gasteiger partial charge on any atom is 0.227 e. The SMILES string of the molecule is CN(C)C1(CNC(=O)[C@@]23CCCC[C@H]2CNC3)CCCC1. The van der Waals surface area contributed by atoms with E-state index in [4.69, 9.17) is 0 Å². The van der Waals surface area contributed by atoms with Gasteiger partial charge < -0.3 is 15.5 Å². The van der Waals surface area contributed by atoms with E-state index in [-0.39, 0.29) is 11.0 Å². The average molecular weight is 293 g/mol. The van der Waals surface area contributed by atoms with Gasteiger partial charge in [-0.25, -0.2) is 0 Å². The largest absolute Gasteiger partial charge is 0.354 e. The number of hydrogen-bond donors (Lipinski definition) is 2. The van der Waals surface area contributed by atoms with E-state index < -0.39 is 0 Å². The van der Waals surface area contributed by atoms with Crippen LogP contribution in [0.15, 0.2) is 0 Å². The first-order chi connectivity index (χ1) is 10.1. The summed E-state index contributed by atoms with van der Waals surface area (Å²) in [6.45, 7) is 2.75. The van der Waals surface area contributed by atoms with Gasteiger partial charge in [0.25, 0.3) is 0 Å². The van der Waals surface area contributed by atoms with Gasteiger partial charge in [-0.3, -0.25) is 4.79 Å². The number of amides is 1. The molecule has 21 heavy (non-hydrogen) atoms. The van der Waals surface area contributed by atoms with Gasteiger partial charge in [0.05, 0.1) is 5.41 Å². The van der Waals surface area contributed by atoms with Crippen LogP contribution in [-0.4, -0.2) is 50.1 Å². The lowest BCUT2D eigenvalue weighted by atomic mass is 9.67. The molecule has 1 heterocycles. The van der Waals surface area contributed by atoms with Crippen LogP contribution in [0, 0.1) is 11.3 Å². The first-order valence-electron chi connectivity index (χ1n) is 8.76. The molecule has 0 aromatic rings. The average Bonchev–Trinajstić information content (AvgIpc) is 3.12. The summed E-state index contributed by atoms with van der Waals surface area (Å²) in [7, 11) is 4.33. The van der Waals surface area contributed by atoms with Crippen LogP contribution in [0.4, 0.5) is 0 Å². The van der Waals surface area contributed by atoms with E-state index in [1.165, 1.54) is 44.9 Å². The first kappa shape index (κ1) is 15.3. The van der Waals surface area contributed by atoms with Crippen molar-refractivity contribution >= 4 is 5.91 Å². The third-order valence-electron chi connectivity index (χ3n) is 6.55. The number of carbonyl (C=O) groups is 1. The zero-order chi connectivity index (χ0) is 14.9. The van der Waals surface area contributed by atoms with Crippen LogP contribution in [0.2, 0.25) is 0 Å². The molecular weight excluding hydrogens is 262 g/mol. The molecule has 2 atom stereocenters. The molecule has 0 aromatic heterocycles. The van der Waals surface area contributed by atoms with Crippen molar-refractivity contribution in [2.75, 3.05) is 33.7 Å². The second-order valence-electron chi connectivity index (χ2n) is 7.74. The molecular formula is C17H31N3O. The third kappa shape index (κ3) is 2.61. The molecule has 1 saturated heterocycles. The summed E-state index contributed by atoms with van der Waals surface area (Å²) >= 11 is 0. The maximum absolute atomic E-state index is 13.0. The van der Waals surface area contributed by atoms with Gasteiger partial charge in [0.1, 0.15) is 0 Å². The topological polar surface area (TPSA) is 44.4 Å². The summed E-state index contributed by atoms with van der Waals surface area (Å²) in [6.07, 6.45) is 9.83. The highest BCUT2D eigenvalue weighted by Crippen LogP contribution is 2.44.